The Kier molecular flexibility index (Phi) is 9.43. The fourth-order valence-corrected chi connectivity index (χ4v) is 5.33. The van der Waals surface area contributed by atoms with Gasteiger partial charge in [0.15, 0.2) is 0 Å². The molecular formula is C28H33N3O5S. The summed E-state index contributed by atoms with van der Waals surface area (Å²) in [6.07, 6.45) is 0.651. The highest BCUT2D eigenvalue weighted by Crippen LogP contribution is 2.28. The van der Waals surface area contributed by atoms with Gasteiger partial charge in [-0.25, -0.2) is 8.42 Å². The first-order valence-corrected chi connectivity index (χ1v) is 13.4. The number of carbonyl (C=O) groups is 2. The van der Waals surface area contributed by atoms with Gasteiger partial charge < -0.3 is 15.4 Å². The van der Waals surface area contributed by atoms with Crippen molar-refractivity contribution in [3.05, 3.63) is 89.0 Å². The average molecular weight is 524 g/mol. The van der Waals surface area contributed by atoms with E-state index in [-0.39, 0.29) is 16.4 Å². The maximum absolute atomic E-state index is 13.7. The summed E-state index contributed by atoms with van der Waals surface area (Å²) in [6.45, 7) is 6.06. The fraction of sp³-hybridized carbons (Fsp3) is 0.286. The van der Waals surface area contributed by atoms with Crippen molar-refractivity contribution in [1.82, 2.24) is 5.32 Å². The minimum Gasteiger partial charge on any atom is -0.385 e. The zero-order valence-electron chi connectivity index (χ0n) is 21.6. The zero-order valence-corrected chi connectivity index (χ0v) is 22.4. The number of ether oxygens (including phenoxy) is 1. The van der Waals surface area contributed by atoms with E-state index < -0.39 is 22.5 Å². The molecule has 0 aliphatic rings. The predicted octanol–water partition coefficient (Wildman–Crippen LogP) is 4.21. The molecule has 0 aromatic heterocycles. The molecule has 0 aliphatic heterocycles. The van der Waals surface area contributed by atoms with Crippen molar-refractivity contribution in [3.63, 3.8) is 0 Å². The molecule has 0 aliphatic carbocycles. The van der Waals surface area contributed by atoms with Crippen molar-refractivity contribution in [1.29, 1.82) is 0 Å². The van der Waals surface area contributed by atoms with Crippen LogP contribution in [0.1, 0.15) is 33.5 Å². The highest BCUT2D eigenvalue weighted by Gasteiger charge is 2.28. The van der Waals surface area contributed by atoms with E-state index in [2.05, 4.69) is 10.6 Å². The summed E-state index contributed by atoms with van der Waals surface area (Å²) in [5.74, 6) is -0.916. The smallest absolute Gasteiger partial charge is 0.264 e. The summed E-state index contributed by atoms with van der Waals surface area (Å²) >= 11 is 0. The topological polar surface area (TPSA) is 105 Å². The van der Waals surface area contributed by atoms with Crippen LogP contribution in [0.25, 0.3) is 0 Å². The summed E-state index contributed by atoms with van der Waals surface area (Å²) in [6, 6.07) is 18.5. The van der Waals surface area contributed by atoms with E-state index in [1.807, 2.05) is 19.9 Å². The standard InChI is InChI=1S/C28H33N3O5S/c1-20-10-13-23(14-11-20)37(34,35)31(26-15-12-21(2)18-22(26)3)19-27(32)30-25-9-6-5-8-24(25)28(33)29-16-7-17-36-4/h5-6,8-15,18H,7,16-17,19H2,1-4H3,(H,29,33)(H,30,32). The van der Waals surface area contributed by atoms with Crippen molar-refractivity contribution in [2.75, 3.05) is 36.4 Å². The van der Waals surface area contributed by atoms with E-state index >= 15 is 0 Å². The van der Waals surface area contributed by atoms with Gasteiger partial charge in [0, 0.05) is 20.3 Å². The Morgan fingerprint density at radius 2 is 1.59 bits per heavy atom. The number of anilines is 2. The molecule has 0 bridgehead atoms. The largest absolute Gasteiger partial charge is 0.385 e. The van der Waals surface area contributed by atoms with E-state index in [9.17, 15) is 18.0 Å². The van der Waals surface area contributed by atoms with Crippen molar-refractivity contribution in [2.24, 2.45) is 0 Å². The number of sulfonamides is 1. The summed E-state index contributed by atoms with van der Waals surface area (Å²) < 4.78 is 33.5. The quantitative estimate of drug-likeness (QED) is 0.366. The van der Waals surface area contributed by atoms with E-state index in [4.69, 9.17) is 4.74 Å². The molecular weight excluding hydrogens is 490 g/mol. The van der Waals surface area contributed by atoms with Gasteiger partial charge in [-0.05, 0) is 63.1 Å². The maximum atomic E-state index is 13.7. The third-order valence-electron chi connectivity index (χ3n) is 5.77. The number of amides is 2. The Hall–Kier alpha value is -3.69. The number of hydrogen-bond donors (Lipinski definition) is 2. The Labute approximate surface area is 218 Å². The number of benzene rings is 3. The van der Waals surface area contributed by atoms with Crippen LogP contribution in [0.5, 0.6) is 0 Å². The van der Waals surface area contributed by atoms with Crippen LogP contribution >= 0.6 is 0 Å². The first-order valence-electron chi connectivity index (χ1n) is 12.0. The highest BCUT2D eigenvalue weighted by molar-refractivity contribution is 7.92. The lowest BCUT2D eigenvalue weighted by atomic mass is 10.1. The number of para-hydroxylation sites is 1. The first kappa shape index (κ1) is 27.9. The van der Waals surface area contributed by atoms with Crippen LogP contribution in [0.2, 0.25) is 0 Å². The van der Waals surface area contributed by atoms with E-state index in [0.717, 1.165) is 21.0 Å². The van der Waals surface area contributed by atoms with E-state index in [1.165, 1.54) is 12.1 Å². The van der Waals surface area contributed by atoms with Gasteiger partial charge in [-0.15, -0.1) is 0 Å². The van der Waals surface area contributed by atoms with Gasteiger partial charge in [0.25, 0.3) is 15.9 Å². The molecule has 9 heteroatoms. The second-order valence-corrected chi connectivity index (χ2v) is 10.7. The summed E-state index contributed by atoms with van der Waals surface area (Å²) in [4.78, 5) is 26.0. The van der Waals surface area contributed by atoms with Crippen LogP contribution in [0, 0.1) is 20.8 Å². The van der Waals surface area contributed by atoms with Crippen molar-refractivity contribution >= 4 is 33.2 Å². The minimum atomic E-state index is -4.06. The molecule has 2 amide bonds. The van der Waals surface area contributed by atoms with Crippen molar-refractivity contribution in [3.8, 4) is 0 Å². The minimum absolute atomic E-state index is 0.0849. The molecule has 0 unspecified atom stereocenters. The third-order valence-corrected chi connectivity index (χ3v) is 7.55. The molecule has 0 saturated carbocycles. The third kappa shape index (κ3) is 7.18. The number of rotatable bonds is 11. The SMILES string of the molecule is COCCCNC(=O)c1ccccc1NC(=O)CN(c1ccc(C)cc1C)S(=O)(=O)c1ccc(C)cc1. The van der Waals surface area contributed by atoms with Crippen LogP contribution in [0.4, 0.5) is 11.4 Å². The maximum Gasteiger partial charge on any atom is 0.264 e. The number of carbonyl (C=O) groups excluding carboxylic acids is 2. The normalized spacial score (nSPS) is 11.1. The molecule has 196 valence electrons. The van der Waals surface area contributed by atoms with E-state index in [1.54, 1.807) is 62.6 Å². The lowest BCUT2D eigenvalue weighted by Gasteiger charge is -2.26. The number of hydrogen-bond acceptors (Lipinski definition) is 5. The molecule has 3 aromatic rings. The lowest BCUT2D eigenvalue weighted by molar-refractivity contribution is -0.114. The second kappa shape index (κ2) is 12.5. The Balaban J connectivity index is 1.89. The second-order valence-electron chi connectivity index (χ2n) is 8.81. The number of methoxy groups -OCH3 is 1. The molecule has 0 spiro atoms. The molecule has 8 nitrogen and oxygen atoms in total. The molecule has 0 atom stereocenters. The number of nitrogens with one attached hydrogen (secondary N) is 2. The Bertz CT molecular complexity index is 1350. The molecule has 0 radical (unpaired) electrons. The van der Waals surface area contributed by atoms with Gasteiger partial charge in [0.1, 0.15) is 6.54 Å². The molecule has 0 heterocycles. The van der Waals surface area contributed by atoms with Crippen molar-refractivity contribution in [2.45, 2.75) is 32.1 Å². The van der Waals surface area contributed by atoms with Crippen molar-refractivity contribution < 1.29 is 22.7 Å². The number of nitrogens with zero attached hydrogens (tertiary/aromatic N) is 1. The number of aryl methyl sites for hydroxylation is 3. The highest BCUT2D eigenvalue weighted by atomic mass is 32.2. The average Bonchev–Trinajstić information content (AvgIpc) is 2.86. The van der Waals surface area contributed by atoms with Gasteiger partial charge in [0.05, 0.1) is 21.8 Å². The molecule has 0 saturated heterocycles. The summed E-state index contributed by atoms with van der Waals surface area (Å²) in [5.41, 5.74) is 3.61. The van der Waals surface area contributed by atoms with Crippen LogP contribution in [-0.4, -0.2) is 47.0 Å². The van der Waals surface area contributed by atoms with Gasteiger partial charge in [0.2, 0.25) is 5.91 Å². The van der Waals surface area contributed by atoms with Gasteiger partial charge in [-0.1, -0.05) is 47.5 Å². The monoisotopic (exact) mass is 523 g/mol. The van der Waals surface area contributed by atoms with Gasteiger partial charge >= 0.3 is 0 Å². The van der Waals surface area contributed by atoms with Crippen LogP contribution in [0.15, 0.2) is 71.6 Å². The van der Waals surface area contributed by atoms with E-state index in [0.29, 0.717) is 30.9 Å². The zero-order chi connectivity index (χ0) is 27.0. The van der Waals surface area contributed by atoms with Crippen LogP contribution in [-0.2, 0) is 19.6 Å². The Morgan fingerprint density at radius 3 is 2.27 bits per heavy atom. The molecule has 37 heavy (non-hydrogen) atoms. The summed E-state index contributed by atoms with van der Waals surface area (Å²) in [7, 11) is -2.47. The molecule has 0 fully saturated rings. The first-order chi connectivity index (χ1) is 17.6. The van der Waals surface area contributed by atoms with Crippen LogP contribution in [0.3, 0.4) is 0 Å². The summed E-state index contributed by atoms with van der Waals surface area (Å²) in [5, 5.41) is 5.53. The van der Waals surface area contributed by atoms with Gasteiger partial charge in [-0.3, -0.25) is 13.9 Å². The fourth-order valence-electron chi connectivity index (χ4n) is 3.85. The van der Waals surface area contributed by atoms with Crippen LogP contribution < -0.4 is 14.9 Å². The van der Waals surface area contributed by atoms with Gasteiger partial charge in [-0.2, -0.15) is 0 Å². The predicted molar refractivity (Wildman–Crippen MR) is 146 cm³/mol. The molecule has 3 rings (SSSR count). The molecule has 2 N–H and O–H groups in total. The lowest BCUT2D eigenvalue weighted by Crippen LogP contribution is -2.39. The Morgan fingerprint density at radius 1 is 0.919 bits per heavy atom. The molecule has 3 aromatic carbocycles.